The van der Waals surface area contributed by atoms with Crippen LogP contribution >= 0.6 is 0 Å². The molecule has 0 aromatic heterocycles. The van der Waals surface area contributed by atoms with E-state index in [4.69, 9.17) is 10.9 Å². The van der Waals surface area contributed by atoms with Crippen LogP contribution in [0.2, 0.25) is 0 Å². The molecule has 4 N–H and O–H groups in total. The molecule has 90 valence electrons. The molecule has 0 atom stereocenters. The van der Waals surface area contributed by atoms with Crippen molar-refractivity contribution in [1.82, 2.24) is 5.43 Å². The summed E-state index contributed by atoms with van der Waals surface area (Å²) in [5.74, 6) is 0.662. The van der Waals surface area contributed by atoms with Gasteiger partial charge in [0.2, 0.25) is 0 Å². The van der Waals surface area contributed by atoms with Crippen molar-refractivity contribution in [2.75, 3.05) is 6.54 Å². The highest BCUT2D eigenvalue weighted by molar-refractivity contribution is 4.67. The van der Waals surface area contributed by atoms with Gasteiger partial charge < -0.3 is 5.73 Å². The zero-order valence-electron chi connectivity index (χ0n) is 9.78. The van der Waals surface area contributed by atoms with Crippen LogP contribution in [-0.2, 0) is 0 Å². The molecule has 5 heteroatoms. The highest BCUT2D eigenvalue weighted by atomic mass is 16.7. The van der Waals surface area contributed by atoms with Crippen LogP contribution in [0.5, 0.6) is 0 Å². The summed E-state index contributed by atoms with van der Waals surface area (Å²) in [4.78, 5) is 10.1. The van der Waals surface area contributed by atoms with E-state index in [1.165, 1.54) is 6.42 Å². The van der Waals surface area contributed by atoms with E-state index in [1.54, 1.807) is 0 Å². The predicted octanol–water partition coefficient (Wildman–Crippen LogP) is 1.59. The van der Waals surface area contributed by atoms with Gasteiger partial charge in [-0.25, -0.2) is 5.21 Å². The molecule has 0 aromatic rings. The maximum absolute atomic E-state index is 10.1. The van der Waals surface area contributed by atoms with E-state index in [0.29, 0.717) is 5.92 Å². The van der Waals surface area contributed by atoms with E-state index >= 15 is 0 Å². The van der Waals surface area contributed by atoms with Gasteiger partial charge in [0.1, 0.15) is 4.91 Å². The molecule has 1 saturated carbocycles. The first-order valence-electron chi connectivity index (χ1n) is 5.68. The Kier molecular flexibility index (Phi) is 7.99. The minimum Gasteiger partial charge on any atom is -0.330 e. The second-order valence-electron chi connectivity index (χ2n) is 4.37. The Labute approximate surface area is 91.5 Å². The van der Waals surface area contributed by atoms with Gasteiger partial charge in [-0.05, 0) is 25.3 Å². The number of nitrogens with zero attached hydrogens (tertiary/aromatic N) is 1. The number of hydrogen-bond donors (Lipinski definition) is 3. The molecule has 0 radical (unpaired) electrons. The molecule has 0 amide bonds. The molecule has 0 aromatic carbocycles. The second-order valence-corrected chi connectivity index (χ2v) is 4.37. The Morgan fingerprint density at radius 1 is 1.40 bits per heavy atom. The summed E-state index contributed by atoms with van der Waals surface area (Å²) in [6.07, 6.45) is 5.57. The minimum atomic E-state index is -0.185. The average molecular weight is 218 g/mol. The molecule has 0 heterocycles. The molecule has 0 unspecified atom stereocenters. The van der Waals surface area contributed by atoms with Crippen LogP contribution in [-0.4, -0.2) is 22.8 Å². The maximum atomic E-state index is 10.1. The van der Waals surface area contributed by atoms with Crippen LogP contribution in [0.15, 0.2) is 0 Å². The van der Waals surface area contributed by atoms with E-state index in [-0.39, 0.29) is 11.1 Å². The Hall–Kier alpha value is -0.840. The normalized spacial score (nSPS) is 16.8. The average Bonchev–Trinajstić information content (AvgIpc) is 2.19. The summed E-state index contributed by atoms with van der Waals surface area (Å²) in [7, 11) is 0. The van der Waals surface area contributed by atoms with E-state index in [2.05, 4.69) is 19.3 Å². The standard InChI is InChI=1S/C6H13N2O2.C4H11N/c9-8(10)7-6-4-2-1-3-5-6;1-4(2)3-5/h6-7H,1-5H2,(H,9,10);4H,3,5H2,1-2H3/q+1;. The molecule has 0 spiro atoms. The van der Waals surface area contributed by atoms with Gasteiger partial charge in [0, 0.05) is 0 Å². The number of hydrazine groups is 1. The van der Waals surface area contributed by atoms with Crippen LogP contribution in [0, 0.1) is 10.8 Å². The lowest BCUT2D eigenvalue weighted by molar-refractivity contribution is -0.836. The summed E-state index contributed by atoms with van der Waals surface area (Å²) < 4.78 is 0. The Morgan fingerprint density at radius 2 is 1.87 bits per heavy atom. The smallest absolute Gasteiger partial charge is 0.330 e. The molecule has 1 aliphatic rings. The van der Waals surface area contributed by atoms with Crippen LogP contribution in [0.4, 0.5) is 0 Å². The van der Waals surface area contributed by atoms with Crippen molar-refractivity contribution in [2.45, 2.75) is 52.0 Å². The van der Waals surface area contributed by atoms with Crippen LogP contribution < -0.4 is 11.2 Å². The van der Waals surface area contributed by atoms with Gasteiger partial charge in [-0.2, -0.15) is 0 Å². The van der Waals surface area contributed by atoms with Crippen LogP contribution in [0.1, 0.15) is 46.0 Å². The molecule has 0 saturated heterocycles. The van der Waals surface area contributed by atoms with Crippen molar-refractivity contribution in [3.63, 3.8) is 0 Å². The fourth-order valence-corrected chi connectivity index (χ4v) is 1.39. The van der Waals surface area contributed by atoms with E-state index < -0.39 is 0 Å². The summed E-state index contributed by atoms with van der Waals surface area (Å²) >= 11 is 0. The lowest BCUT2D eigenvalue weighted by atomic mass is 9.96. The van der Waals surface area contributed by atoms with Gasteiger partial charge in [-0.1, -0.05) is 38.5 Å². The van der Waals surface area contributed by atoms with Gasteiger partial charge in [0.05, 0.1) is 6.04 Å². The minimum absolute atomic E-state index is 0.185. The number of nitrogens with two attached hydrogens (primary N) is 1. The zero-order chi connectivity index (χ0) is 11.7. The quantitative estimate of drug-likeness (QED) is 0.629. The fraction of sp³-hybridized carbons (Fsp3) is 1.00. The molecule has 1 fully saturated rings. The lowest BCUT2D eigenvalue weighted by Crippen LogP contribution is -2.36. The Bertz CT molecular complexity index is 168. The molecular formula is C10H24N3O2+. The molecule has 1 rings (SSSR count). The molecule has 0 aliphatic heterocycles. The Morgan fingerprint density at radius 3 is 2.20 bits per heavy atom. The zero-order valence-corrected chi connectivity index (χ0v) is 9.78. The van der Waals surface area contributed by atoms with Crippen LogP contribution in [0.3, 0.4) is 0 Å². The Balaban J connectivity index is 0.000000336. The SMILES string of the molecule is CC(C)CN.O=[N+](O)NC1CCCCC1. The fourth-order valence-electron chi connectivity index (χ4n) is 1.39. The largest absolute Gasteiger partial charge is 0.354 e. The van der Waals surface area contributed by atoms with Gasteiger partial charge >= 0.3 is 5.03 Å². The first-order chi connectivity index (χ1) is 7.06. The third kappa shape index (κ3) is 9.46. The predicted molar refractivity (Wildman–Crippen MR) is 59.3 cm³/mol. The highest BCUT2D eigenvalue weighted by Gasteiger charge is 2.18. The highest BCUT2D eigenvalue weighted by Crippen LogP contribution is 2.16. The van der Waals surface area contributed by atoms with Gasteiger partial charge in [0.25, 0.3) is 0 Å². The second kappa shape index (κ2) is 8.47. The first-order valence-corrected chi connectivity index (χ1v) is 5.68. The topological polar surface area (TPSA) is 78.4 Å². The van der Waals surface area contributed by atoms with Crippen molar-refractivity contribution in [1.29, 1.82) is 0 Å². The summed E-state index contributed by atoms with van der Waals surface area (Å²) in [6, 6.07) is 0.191. The third-order valence-corrected chi connectivity index (χ3v) is 2.37. The molecule has 15 heavy (non-hydrogen) atoms. The number of nitrogens with one attached hydrogen (secondary N) is 1. The van der Waals surface area contributed by atoms with Gasteiger partial charge in [-0.15, -0.1) is 0 Å². The molecule has 0 bridgehead atoms. The summed E-state index contributed by atoms with van der Waals surface area (Å²) in [5, 5.41) is 8.09. The van der Waals surface area contributed by atoms with Crippen molar-refractivity contribution in [2.24, 2.45) is 11.7 Å². The van der Waals surface area contributed by atoms with Crippen molar-refractivity contribution in [3.05, 3.63) is 4.91 Å². The van der Waals surface area contributed by atoms with Crippen molar-refractivity contribution < 1.29 is 10.2 Å². The van der Waals surface area contributed by atoms with E-state index in [9.17, 15) is 4.91 Å². The number of hydrogen-bond acceptors (Lipinski definition) is 2. The van der Waals surface area contributed by atoms with Gasteiger partial charge in [-0.3, -0.25) is 0 Å². The summed E-state index contributed by atoms with van der Waals surface area (Å²) in [5.41, 5.74) is 7.59. The van der Waals surface area contributed by atoms with Gasteiger partial charge in [0.15, 0.2) is 0 Å². The monoisotopic (exact) mass is 218 g/mol. The summed E-state index contributed by atoms with van der Waals surface area (Å²) in [6.45, 7) is 5.00. The maximum Gasteiger partial charge on any atom is 0.354 e. The number of rotatable bonds is 3. The molecular weight excluding hydrogens is 194 g/mol. The molecule has 1 aliphatic carbocycles. The van der Waals surface area contributed by atoms with Crippen molar-refractivity contribution in [3.8, 4) is 0 Å². The third-order valence-electron chi connectivity index (χ3n) is 2.37. The lowest BCUT2D eigenvalue weighted by Gasteiger charge is -2.16. The van der Waals surface area contributed by atoms with E-state index in [1.807, 2.05) is 0 Å². The van der Waals surface area contributed by atoms with E-state index in [0.717, 1.165) is 32.2 Å². The first kappa shape index (κ1) is 14.2. The van der Waals surface area contributed by atoms with Crippen LogP contribution in [0.25, 0.3) is 0 Å². The van der Waals surface area contributed by atoms with Crippen molar-refractivity contribution >= 4 is 0 Å². The molecule has 5 nitrogen and oxygen atoms in total.